The summed E-state index contributed by atoms with van der Waals surface area (Å²) in [6.07, 6.45) is 2.84. The number of aliphatic imine (C=N–C) groups is 1. The van der Waals surface area contributed by atoms with Crippen LogP contribution in [0.1, 0.15) is 45.9 Å². The minimum atomic E-state index is 0.773. The van der Waals surface area contributed by atoms with E-state index in [9.17, 15) is 0 Å². The second-order valence-corrected chi connectivity index (χ2v) is 7.38. The van der Waals surface area contributed by atoms with E-state index in [0.29, 0.717) is 0 Å². The molecule has 0 aromatic carbocycles. The summed E-state index contributed by atoms with van der Waals surface area (Å²) >= 11 is 1.78. The Hall–Kier alpha value is -1.89. The molecule has 0 bridgehead atoms. The molecule has 0 saturated heterocycles. The first-order valence-corrected chi connectivity index (χ1v) is 9.69. The topological polar surface area (TPSA) is 75.3 Å². The monoisotopic (exact) mass is 363 g/mol. The van der Waals surface area contributed by atoms with Gasteiger partial charge in [0.05, 0.1) is 16.4 Å². The van der Waals surface area contributed by atoms with Crippen molar-refractivity contribution < 1.29 is 4.52 Å². The van der Waals surface area contributed by atoms with Crippen LogP contribution in [0.4, 0.5) is 0 Å². The predicted octanol–water partition coefficient (Wildman–Crippen LogP) is 3.10. The molecule has 2 rings (SSSR count). The van der Waals surface area contributed by atoms with Crippen molar-refractivity contribution in [3.63, 3.8) is 0 Å². The number of hydrogen-bond acceptors (Lipinski definition) is 5. The SMILES string of the molecule is CCNC(=NCCCc1c(C)noc1C)NCCc1nc(C)c(C)s1. The van der Waals surface area contributed by atoms with Gasteiger partial charge in [-0.2, -0.15) is 0 Å². The van der Waals surface area contributed by atoms with Crippen LogP contribution in [0.15, 0.2) is 9.52 Å². The van der Waals surface area contributed by atoms with E-state index in [1.165, 1.54) is 15.4 Å². The summed E-state index contributed by atoms with van der Waals surface area (Å²) in [7, 11) is 0. The molecule has 0 aliphatic rings. The Labute approximate surface area is 154 Å². The van der Waals surface area contributed by atoms with Crippen molar-refractivity contribution in [1.82, 2.24) is 20.8 Å². The van der Waals surface area contributed by atoms with Crippen molar-refractivity contribution in [2.24, 2.45) is 4.99 Å². The van der Waals surface area contributed by atoms with Crippen LogP contribution in [0.5, 0.6) is 0 Å². The lowest BCUT2D eigenvalue weighted by Crippen LogP contribution is -2.38. The van der Waals surface area contributed by atoms with Gasteiger partial charge in [0.15, 0.2) is 5.96 Å². The van der Waals surface area contributed by atoms with E-state index in [2.05, 4.69) is 46.5 Å². The van der Waals surface area contributed by atoms with E-state index >= 15 is 0 Å². The Morgan fingerprint density at radius 2 is 1.92 bits per heavy atom. The highest BCUT2D eigenvalue weighted by Gasteiger charge is 2.08. The van der Waals surface area contributed by atoms with Crippen molar-refractivity contribution in [3.8, 4) is 0 Å². The number of thiazole rings is 1. The maximum atomic E-state index is 5.20. The molecule has 2 N–H and O–H groups in total. The Bertz CT molecular complexity index is 665. The summed E-state index contributed by atoms with van der Waals surface area (Å²) in [5.74, 6) is 1.78. The number of rotatable bonds is 8. The molecule has 0 spiro atoms. The maximum absolute atomic E-state index is 5.20. The second kappa shape index (κ2) is 9.56. The summed E-state index contributed by atoms with van der Waals surface area (Å²) in [4.78, 5) is 10.5. The Balaban J connectivity index is 1.77. The van der Waals surface area contributed by atoms with Gasteiger partial charge in [0, 0.05) is 36.5 Å². The van der Waals surface area contributed by atoms with E-state index in [-0.39, 0.29) is 0 Å². The lowest BCUT2D eigenvalue weighted by molar-refractivity contribution is 0.392. The van der Waals surface area contributed by atoms with Gasteiger partial charge in [-0.05, 0) is 47.5 Å². The standard InChI is InChI=1S/C18H29N5OS/c1-6-19-18(21-11-9-17-22-12(2)15(5)25-17)20-10-7-8-16-13(3)23-24-14(16)4/h6-11H2,1-5H3,(H2,19,20,21). The van der Waals surface area contributed by atoms with Crippen molar-refractivity contribution in [2.75, 3.05) is 19.6 Å². The summed E-state index contributed by atoms with van der Waals surface area (Å²) in [5.41, 5.74) is 3.34. The largest absolute Gasteiger partial charge is 0.361 e. The molecular formula is C18H29N5OS. The van der Waals surface area contributed by atoms with Crippen molar-refractivity contribution in [1.29, 1.82) is 0 Å². The zero-order chi connectivity index (χ0) is 18.2. The van der Waals surface area contributed by atoms with Crippen molar-refractivity contribution in [2.45, 2.75) is 53.9 Å². The van der Waals surface area contributed by atoms with Crippen LogP contribution >= 0.6 is 11.3 Å². The number of nitrogens with one attached hydrogen (secondary N) is 2. The fourth-order valence-electron chi connectivity index (χ4n) is 2.58. The number of nitrogens with zero attached hydrogens (tertiary/aromatic N) is 3. The molecule has 0 atom stereocenters. The molecule has 0 aliphatic carbocycles. The Morgan fingerprint density at radius 1 is 1.12 bits per heavy atom. The van der Waals surface area contributed by atoms with Gasteiger partial charge in [-0.1, -0.05) is 5.16 Å². The first-order chi connectivity index (χ1) is 12.0. The predicted molar refractivity (Wildman–Crippen MR) is 104 cm³/mol. The van der Waals surface area contributed by atoms with E-state index < -0.39 is 0 Å². The molecule has 0 amide bonds. The zero-order valence-electron chi connectivity index (χ0n) is 15.9. The number of hydrogen-bond donors (Lipinski definition) is 2. The van der Waals surface area contributed by atoms with E-state index in [1.807, 2.05) is 13.8 Å². The third-order valence-electron chi connectivity index (χ3n) is 4.08. The van der Waals surface area contributed by atoms with Crippen LogP contribution < -0.4 is 10.6 Å². The van der Waals surface area contributed by atoms with Gasteiger partial charge in [-0.3, -0.25) is 4.99 Å². The fourth-order valence-corrected chi connectivity index (χ4v) is 3.51. The maximum Gasteiger partial charge on any atom is 0.191 e. The average molecular weight is 364 g/mol. The molecule has 2 aromatic rings. The molecule has 138 valence electrons. The smallest absolute Gasteiger partial charge is 0.191 e. The van der Waals surface area contributed by atoms with E-state index in [0.717, 1.165) is 62.0 Å². The third-order valence-corrected chi connectivity index (χ3v) is 5.22. The van der Waals surface area contributed by atoms with Crippen LogP contribution in [0.3, 0.4) is 0 Å². The quantitative estimate of drug-likeness (QED) is 0.428. The van der Waals surface area contributed by atoms with Crippen LogP contribution in [-0.2, 0) is 12.8 Å². The molecule has 0 aliphatic heterocycles. The number of guanidine groups is 1. The van der Waals surface area contributed by atoms with Crippen LogP contribution in [-0.4, -0.2) is 35.7 Å². The highest BCUT2D eigenvalue weighted by Crippen LogP contribution is 2.16. The van der Waals surface area contributed by atoms with Crippen LogP contribution in [0.2, 0.25) is 0 Å². The molecule has 25 heavy (non-hydrogen) atoms. The summed E-state index contributed by atoms with van der Waals surface area (Å²) in [6.45, 7) is 12.7. The highest BCUT2D eigenvalue weighted by molar-refractivity contribution is 7.11. The van der Waals surface area contributed by atoms with Gasteiger partial charge in [0.25, 0.3) is 0 Å². The lowest BCUT2D eigenvalue weighted by atomic mass is 10.1. The van der Waals surface area contributed by atoms with Gasteiger partial charge < -0.3 is 15.2 Å². The molecule has 0 unspecified atom stereocenters. The van der Waals surface area contributed by atoms with E-state index in [4.69, 9.17) is 4.52 Å². The molecule has 2 aromatic heterocycles. The minimum absolute atomic E-state index is 0.773. The molecule has 6 nitrogen and oxygen atoms in total. The van der Waals surface area contributed by atoms with Gasteiger partial charge in [0.1, 0.15) is 5.76 Å². The Morgan fingerprint density at radius 3 is 2.52 bits per heavy atom. The zero-order valence-corrected chi connectivity index (χ0v) is 16.7. The second-order valence-electron chi connectivity index (χ2n) is 6.09. The van der Waals surface area contributed by atoms with Gasteiger partial charge in [-0.25, -0.2) is 4.98 Å². The van der Waals surface area contributed by atoms with Crippen LogP contribution in [0, 0.1) is 27.7 Å². The summed E-state index contributed by atoms with van der Waals surface area (Å²) in [6, 6.07) is 0. The highest BCUT2D eigenvalue weighted by atomic mass is 32.1. The average Bonchev–Trinajstić information content (AvgIpc) is 3.06. The molecular weight excluding hydrogens is 334 g/mol. The first-order valence-electron chi connectivity index (χ1n) is 8.88. The number of aromatic nitrogens is 2. The summed E-state index contributed by atoms with van der Waals surface area (Å²) in [5, 5.41) is 11.9. The van der Waals surface area contributed by atoms with Gasteiger partial charge in [-0.15, -0.1) is 11.3 Å². The molecule has 0 fully saturated rings. The Kier molecular flexibility index (Phi) is 7.43. The molecule has 0 radical (unpaired) electrons. The van der Waals surface area contributed by atoms with Gasteiger partial charge in [0.2, 0.25) is 0 Å². The third kappa shape index (κ3) is 5.85. The minimum Gasteiger partial charge on any atom is -0.361 e. The first kappa shape index (κ1) is 19.4. The number of aryl methyl sites for hydroxylation is 4. The van der Waals surface area contributed by atoms with E-state index in [1.54, 1.807) is 11.3 Å². The molecule has 2 heterocycles. The lowest BCUT2D eigenvalue weighted by Gasteiger charge is -2.10. The fraction of sp³-hybridized carbons (Fsp3) is 0.611. The molecule has 0 saturated carbocycles. The normalized spacial score (nSPS) is 11.8. The summed E-state index contributed by atoms with van der Waals surface area (Å²) < 4.78 is 5.20. The van der Waals surface area contributed by atoms with Crippen molar-refractivity contribution in [3.05, 3.63) is 32.6 Å². The molecule has 7 heteroatoms. The van der Waals surface area contributed by atoms with Crippen molar-refractivity contribution >= 4 is 17.3 Å². The van der Waals surface area contributed by atoms with Gasteiger partial charge >= 0.3 is 0 Å². The van der Waals surface area contributed by atoms with Crippen LogP contribution in [0.25, 0.3) is 0 Å².